The Morgan fingerprint density at radius 3 is 2.65 bits per heavy atom. The summed E-state index contributed by atoms with van der Waals surface area (Å²) < 4.78 is 6.39. The number of thiophene rings is 1. The fraction of sp³-hybridized carbons (Fsp3) is 0.267. The highest BCUT2D eigenvalue weighted by Gasteiger charge is 2.06. The summed E-state index contributed by atoms with van der Waals surface area (Å²) in [6, 6.07) is 14.2. The van der Waals surface area contributed by atoms with Crippen LogP contribution in [0.4, 0.5) is 0 Å². The third kappa shape index (κ3) is 4.34. The first-order chi connectivity index (χ1) is 9.69. The molecule has 0 aliphatic carbocycles. The van der Waals surface area contributed by atoms with Crippen LogP contribution in [0.5, 0.6) is 5.75 Å². The molecule has 0 radical (unpaired) electrons. The molecular weight excluding hydrogens is 336 g/mol. The van der Waals surface area contributed by atoms with E-state index in [0.29, 0.717) is 0 Å². The zero-order valence-electron chi connectivity index (χ0n) is 11.1. The Kier molecular flexibility index (Phi) is 5.60. The van der Waals surface area contributed by atoms with Gasteiger partial charge >= 0.3 is 0 Å². The van der Waals surface area contributed by atoms with Gasteiger partial charge in [0, 0.05) is 17.5 Å². The Morgan fingerprint density at radius 1 is 1.30 bits per heavy atom. The van der Waals surface area contributed by atoms with Crippen molar-refractivity contribution < 1.29 is 4.74 Å². The predicted octanol–water partition coefficient (Wildman–Crippen LogP) is 4.26. The third-order valence-electron chi connectivity index (χ3n) is 2.89. The van der Waals surface area contributed by atoms with Gasteiger partial charge in [0.15, 0.2) is 6.61 Å². The molecule has 0 saturated heterocycles. The van der Waals surface area contributed by atoms with Gasteiger partial charge in [-0.25, -0.2) is 0 Å². The smallest absolute Gasteiger partial charge is 0.174 e. The Labute approximate surface area is 131 Å². The van der Waals surface area contributed by atoms with Crippen molar-refractivity contribution in [3.63, 3.8) is 0 Å². The van der Waals surface area contributed by atoms with Crippen LogP contribution < -0.4 is 10.1 Å². The number of rotatable bonds is 6. The maximum Gasteiger partial charge on any atom is 0.174 e. The normalized spacial score (nSPS) is 11.8. The lowest BCUT2D eigenvalue weighted by atomic mass is 10.1. The van der Waals surface area contributed by atoms with Crippen LogP contribution in [0, 0.1) is 11.3 Å². The van der Waals surface area contributed by atoms with E-state index >= 15 is 0 Å². The number of hydrogen-bond donors (Lipinski definition) is 1. The predicted molar refractivity (Wildman–Crippen MR) is 84.8 cm³/mol. The average Bonchev–Trinajstić information content (AvgIpc) is 2.89. The van der Waals surface area contributed by atoms with Crippen molar-refractivity contribution in [1.82, 2.24) is 5.32 Å². The molecule has 0 amide bonds. The lowest BCUT2D eigenvalue weighted by Crippen LogP contribution is -2.17. The number of nitrogens with one attached hydrogen (secondary N) is 1. The summed E-state index contributed by atoms with van der Waals surface area (Å²) in [4.78, 5) is 1.30. The summed E-state index contributed by atoms with van der Waals surface area (Å²) in [5.74, 6) is 0.727. The van der Waals surface area contributed by atoms with E-state index in [4.69, 9.17) is 10.00 Å². The standard InChI is InChI=1S/C15H15BrN2OS/c1-11(18-10-14-6-7-15(16)20-14)12-2-4-13(5-3-12)19-9-8-17/h2-7,11,18H,9-10H2,1H3. The Morgan fingerprint density at radius 2 is 2.05 bits per heavy atom. The van der Waals surface area contributed by atoms with Crippen molar-refractivity contribution in [2.75, 3.05) is 6.61 Å². The largest absolute Gasteiger partial charge is 0.479 e. The minimum absolute atomic E-state index is 0.0837. The summed E-state index contributed by atoms with van der Waals surface area (Å²) in [7, 11) is 0. The topological polar surface area (TPSA) is 45.0 Å². The average molecular weight is 351 g/mol. The van der Waals surface area contributed by atoms with Crippen molar-refractivity contribution >= 4 is 27.3 Å². The second-order valence-corrected chi connectivity index (χ2v) is 6.87. The van der Waals surface area contributed by atoms with Crippen molar-refractivity contribution in [1.29, 1.82) is 5.26 Å². The number of ether oxygens (including phenoxy) is 1. The molecule has 20 heavy (non-hydrogen) atoms. The van der Waals surface area contributed by atoms with E-state index in [2.05, 4.69) is 40.3 Å². The first-order valence-corrected chi connectivity index (χ1v) is 7.87. The second kappa shape index (κ2) is 7.44. The maximum atomic E-state index is 8.46. The first-order valence-electron chi connectivity index (χ1n) is 6.26. The number of hydrogen-bond acceptors (Lipinski definition) is 4. The van der Waals surface area contributed by atoms with E-state index in [9.17, 15) is 0 Å². The van der Waals surface area contributed by atoms with Gasteiger partial charge in [-0.3, -0.25) is 0 Å². The molecule has 1 N–H and O–H groups in total. The van der Waals surface area contributed by atoms with E-state index < -0.39 is 0 Å². The molecule has 104 valence electrons. The minimum Gasteiger partial charge on any atom is -0.479 e. The molecular formula is C15H15BrN2OS. The van der Waals surface area contributed by atoms with Gasteiger partial charge in [0.25, 0.3) is 0 Å². The molecule has 1 atom stereocenters. The number of nitrogens with zero attached hydrogens (tertiary/aromatic N) is 1. The number of nitriles is 1. The molecule has 0 spiro atoms. The van der Waals surface area contributed by atoms with Crippen LogP contribution in [0.2, 0.25) is 0 Å². The van der Waals surface area contributed by atoms with Gasteiger partial charge in [-0.1, -0.05) is 12.1 Å². The molecule has 2 rings (SSSR count). The van der Waals surface area contributed by atoms with Crippen molar-refractivity contribution in [3.05, 3.63) is 50.6 Å². The number of halogens is 1. The van der Waals surface area contributed by atoms with E-state index in [0.717, 1.165) is 16.1 Å². The van der Waals surface area contributed by atoms with Gasteiger partial charge in [-0.2, -0.15) is 5.26 Å². The highest BCUT2D eigenvalue weighted by molar-refractivity contribution is 9.11. The molecule has 1 aromatic carbocycles. The summed E-state index contributed by atoms with van der Waals surface area (Å²) in [6.07, 6.45) is 0. The van der Waals surface area contributed by atoms with Crippen molar-refractivity contribution in [3.8, 4) is 11.8 Å². The fourth-order valence-electron chi connectivity index (χ4n) is 1.79. The van der Waals surface area contributed by atoms with E-state index in [1.54, 1.807) is 11.3 Å². The van der Waals surface area contributed by atoms with Crippen LogP contribution in [0.1, 0.15) is 23.4 Å². The summed E-state index contributed by atoms with van der Waals surface area (Å²) in [5, 5.41) is 12.0. The lowest BCUT2D eigenvalue weighted by Gasteiger charge is -2.14. The highest BCUT2D eigenvalue weighted by atomic mass is 79.9. The summed E-state index contributed by atoms with van der Waals surface area (Å²) in [6.45, 7) is 3.07. The van der Waals surface area contributed by atoms with E-state index in [1.807, 2.05) is 30.3 Å². The molecule has 0 fully saturated rings. The number of benzene rings is 1. The molecule has 1 heterocycles. The SMILES string of the molecule is CC(NCc1ccc(Br)s1)c1ccc(OCC#N)cc1. The zero-order chi connectivity index (χ0) is 14.4. The van der Waals surface area contributed by atoms with Gasteiger partial charge in [0.05, 0.1) is 3.79 Å². The van der Waals surface area contributed by atoms with Crippen LogP contribution in [0.3, 0.4) is 0 Å². The molecule has 1 aromatic heterocycles. The van der Waals surface area contributed by atoms with Crippen LogP contribution in [-0.2, 0) is 6.54 Å². The van der Waals surface area contributed by atoms with Crippen molar-refractivity contribution in [2.45, 2.75) is 19.5 Å². The van der Waals surface area contributed by atoms with Crippen LogP contribution in [-0.4, -0.2) is 6.61 Å². The third-order valence-corrected chi connectivity index (χ3v) is 4.52. The van der Waals surface area contributed by atoms with Crippen LogP contribution in [0.15, 0.2) is 40.2 Å². The van der Waals surface area contributed by atoms with Crippen LogP contribution in [0.25, 0.3) is 0 Å². The monoisotopic (exact) mass is 350 g/mol. The lowest BCUT2D eigenvalue weighted by molar-refractivity contribution is 0.368. The van der Waals surface area contributed by atoms with Gasteiger partial charge in [-0.05, 0) is 52.7 Å². The van der Waals surface area contributed by atoms with E-state index in [1.165, 1.54) is 10.4 Å². The molecule has 0 saturated carbocycles. The first kappa shape index (κ1) is 15.0. The Hall–Kier alpha value is -1.35. The van der Waals surface area contributed by atoms with Crippen molar-refractivity contribution in [2.24, 2.45) is 0 Å². The van der Waals surface area contributed by atoms with E-state index in [-0.39, 0.29) is 12.6 Å². The van der Waals surface area contributed by atoms with Crippen LogP contribution >= 0.6 is 27.3 Å². The Bertz CT molecular complexity index is 589. The minimum atomic E-state index is 0.0837. The second-order valence-electron chi connectivity index (χ2n) is 4.32. The maximum absolute atomic E-state index is 8.46. The Balaban J connectivity index is 1.88. The molecule has 0 aliphatic heterocycles. The summed E-state index contributed by atoms with van der Waals surface area (Å²) >= 11 is 5.21. The van der Waals surface area contributed by atoms with Gasteiger partial charge in [0.2, 0.25) is 0 Å². The van der Waals surface area contributed by atoms with Gasteiger partial charge in [0.1, 0.15) is 11.8 Å². The fourth-order valence-corrected chi connectivity index (χ4v) is 3.22. The molecule has 0 aliphatic rings. The molecule has 0 bridgehead atoms. The zero-order valence-corrected chi connectivity index (χ0v) is 13.5. The van der Waals surface area contributed by atoms with Gasteiger partial charge < -0.3 is 10.1 Å². The van der Waals surface area contributed by atoms with Gasteiger partial charge in [-0.15, -0.1) is 11.3 Å². The molecule has 3 nitrogen and oxygen atoms in total. The quantitative estimate of drug-likeness (QED) is 0.846. The molecule has 1 unspecified atom stereocenters. The molecule has 5 heteroatoms. The highest BCUT2D eigenvalue weighted by Crippen LogP contribution is 2.23. The molecule has 2 aromatic rings. The summed E-state index contributed by atoms with van der Waals surface area (Å²) in [5.41, 5.74) is 1.20.